The predicted molar refractivity (Wildman–Crippen MR) is 89.5 cm³/mol. The predicted octanol–water partition coefficient (Wildman–Crippen LogP) is 1.21. The highest BCUT2D eigenvalue weighted by Gasteiger charge is 2.26. The second-order valence-electron chi connectivity index (χ2n) is 6.38. The van der Waals surface area contributed by atoms with Crippen molar-refractivity contribution < 1.29 is 4.52 Å². The highest BCUT2D eigenvalue weighted by Crippen LogP contribution is 2.30. The minimum Gasteiger partial charge on any atom is -0.334 e. The third kappa shape index (κ3) is 2.38. The van der Waals surface area contributed by atoms with E-state index in [2.05, 4.69) is 37.5 Å². The van der Waals surface area contributed by atoms with Crippen LogP contribution in [-0.4, -0.2) is 56.5 Å². The minimum absolute atomic E-state index is 0.129. The van der Waals surface area contributed by atoms with E-state index in [-0.39, 0.29) is 6.04 Å². The summed E-state index contributed by atoms with van der Waals surface area (Å²) in [6.45, 7) is 6.71. The van der Waals surface area contributed by atoms with Crippen molar-refractivity contribution in [1.82, 2.24) is 35.1 Å². The Morgan fingerprint density at radius 2 is 2.08 bits per heavy atom. The van der Waals surface area contributed by atoms with E-state index in [4.69, 9.17) is 4.52 Å². The van der Waals surface area contributed by atoms with Crippen molar-refractivity contribution in [3.05, 3.63) is 23.3 Å². The number of fused-ring (bicyclic) bond motifs is 1. The molecule has 0 radical (unpaired) electrons. The SMILES string of the molecule is Cc1cc(-c2nc(C3CNCCN3C)no2)c2c(C)nn(C)c2n1. The topological polar surface area (TPSA) is 84.9 Å². The standard InChI is InChI=1S/C16H21N7O/c1-9-7-11(13-10(2)20-23(4)15(13)18-9)16-19-14(21-24-16)12-8-17-5-6-22(12)3/h7,12,17H,5-6,8H2,1-4H3. The fraction of sp³-hybridized carbons (Fsp3) is 0.500. The van der Waals surface area contributed by atoms with Gasteiger partial charge < -0.3 is 9.84 Å². The lowest BCUT2D eigenvalue weighted by molar-refractivity contribution is 0.190. The van der Waals surface area contributed by atoms with Gasteiger partial charge in [0.05, 0.1) is 22.7 Å². The fourth-order valence-corrected chi connectivity index (χ4v) is 3.31. The lowest BCUT2D eigenvalue weighted by Gasteiger charge is -2.30. The molecule has 0 amide bonds. The van der Waals surface area contributed by atoms with Gasteiger partial charge in [0, 0.05) is 32.4 Å². The Hall–Kier alpha value is -2.32. The molecule has 126 valence electrons. The summed E-state index contributed by atoms with van der Waals surface area (Å²) in [6, 6.07) is 2.11. The van der Waals surface area contributed by atoms with Gasteiger partial charge in [-0.25, -0.2) is 4.98 Å². The molecular formula is C16H21N7O. The van der Waals surface area contributed by atoms with Crippen LogP contribution < -0.4 is 5.32 Å². The number of aromatic nitrogens is 5. The Morgan fingerprint density at radius 3 is 2.88 bits per heavy atom. The van der Waals surface area contributed by atoms with Crippen molar-refractivity contribution >= 4 is 11.0 Å². The number of nitrogens with one attached hydrogen (secondary N) is 1. The molecule has 1 unspecified atom stereocenters. The highest BCUT2D eigenvalue weighted by atomic mass is 16.5. The van der Waals surface area contributed by atoms with Crippen molar-refractivity contribution in [3.63, 3.8) is 0 Å². The maximum absolute atomic E-state index is 5.60. The van der Waals surface area contributed by atoms with Crippen LogP contribution in [0.4, 0.5) is 0 Å². The average molecular weight is 327 g/mol. The molecule has 1 saturated heterocycles. The summed E-state index contributed by atoms with van der Waals surface area (Å²) in [5.74, 6) is 1.24. The molecule has 4 rings (SSSR count). The van der Waals surface area contributed by atoms with Crippen LogP contribution in [0.5, 0.6) is 0 Å². The van der Waals surface area contributed by atoms with Gasteiger partial charge in [0.2, 0.25) is 0 Å². The van der Waals surface area contributed by atoms with Gasteiger partial charge in [0.15, 0.2) is 11.5 Å². The Labute approximate surface area is 139 Å². The molecule has 8 nitrogen and oxygen atoms in total. The molecule has 1 aliphatic heterocycles. The van der Waals surface area contributed by atoms with Crippen molar-refractivity contribution in [1.29, 1.82) is 0 Å². The first-order valence-electron chi connectivity index (χ1n) is 8.10. The molecule has 0 spiro atoms. The maximum Gasteiger partial charge on any atom is 0.258 e. The number of aryl methyl sites for hydroxylation is 3. The maximum atomic E-state index is 5.60. The fourth-order valence-electron chi connectivity index (χ4n) is 3.31. The van der Waals surface area contributed by atoms with E-state index in [0.29, 0.717) is 11.7 Å². The lowest BCUT2D eigenvalue weighted by Crippen LogP contribution is -2.44. The van der Waals surface area contributed by atoms with Crippen LogP contribution in [0.3, 0.4) is 0 Å². The van der Waals surface area contributed by atoms with Crippen molar-refractivity contribution in [2.24, 2.45) is 7.05 Å². The smallest absolute Gasteiger partial charge is 0.258 e. The quantitative estimate of drug-likeness (QED) is 0.757. The van der Waals surface area contributed by atoms with Crippen LogP contribution in [0.15, 0.2) is 10.6 Å². The van der Waals surface area contributed by atoms with Gasteiger partial charge in [0.25, 0.3) is 5.89 Å². The summed E-state index contributed by atoms with van der Waals surface area (Å²) in [5, 5.41) is 13.0. The van der Waals surface area contributed by atoms with Crippen LogP contribution >= 0.6 is 0 Å². The molecule has 24 heavy (non-hydrogen) atoms. The third-order valence-corrected chi connectivity index (χ3v) is 4.58. The van der Waals surface area contributed by atoms with Gasteiger partial charge in [-0.2, -0.15) is 10.1 Å². The summed E-state index contributed by atoms with van der Waals surface area (Å²) >= 11 is 0. The molecule has 3 aromatic rings. The van der Waals surface area contributed by atoms with Crippen LogP contribution in [0, 0.1) is 13.8 Å². The van der Waals surface area contributed by atoms with Crippen molar-refractivity contribution in [2.75, 3.05) is 26.7 Å². The van der Waals surface area contributed by atoms with Gasteiger partial charge in [-0.05, 0) is 27.0 Å². The minimum atomic E-state index is 0.129. The molecule has 0 aliphatic carbocycles. The van der Waals surface area contributed by atoms with E-state index in [9.17, 15) is 0 Å². The zero-order chi connectivity index (χ0) is 16.8. The summed E-state index contributed by atoms with van der Waals surface area (Å²) in [5.41, 5.74) is 3.54. The largest absolute Gasteiger partial charge is 0.334 e. The number of rotatable bonds is 2. The average Bonchev–Trinajstić information content (AvgIpc) is 3.13. The molecule has 0 aromatic carbocycles. The molecule has 8 heteroatoms. The number of nitrogens with zero attached hydrogens (tertiary/aromatic N) is 6. The number of piperazine rings is 1. The highest BCUT2D eigenvalue weighted by molar-refractivity contribution is 5.92. The first-order chi connectivity index (χ1) is 11.5. The Kier molecular flexibility index (Phi) is 3.58. The second-order valence-corrected chi connectivity index (χ2v) is 6.38. The monoisotopic (exact) mass is 327 g/mol. The first kappa shape index (κ1) is 15.2. The van der Waals surface area contributed by atoms with E-state index in [1.54, 1.807) is 4.68 Å². The zero-order valence-corrected chi connectivity index (χ0v) is 14.4. The van der Waals surface area contributed by atoms with Gasteiger partial charge >= 0.3 is 0 Å². The Bertz CT molecular complexity index is 897. The molecule has 1 atom stereocenters. The van der Waals surface area contributed by atoms with Gasteiger partial charge in [-0.15, -0.1) is 0 Å². The molecule has 1 N–H and O–H groups in total. The van der Waals surface area contributed by atoms with E-state index >= 15 is 0 Å². The molecule has 0 bridgehead atoms. The molecule has 1 aliphatic rings. The Balaban J connectivity index is 1.81. The number of likely N-dealkylation sites (N-methyl/N-ethyl adjacent to an activating group) is 1. The molecule has 4 heterocycles. The lowest BCUT2D eigenvalue weighted by atomic mass is 10.1. The number of hydrogen-bond acceptors (Lipinski definition) is 7. The molecular weight excluding hydrogens is 306 g/mol. The van der Waals surface area contributed by atoms with Crippen molar-refractivity contribution in [2.45, 2.75) is 19.9 Å². The summed E-state index contributed by atoms with van der Waals surface area (Å²) in [6.07, 6.45) is 0. The normalized spacial score (nSPS) is 19.2. The van der Waals surface area contributed by atoms with Crippen LogP contribution in [-0.2, 0) is 7.05 Å². The van der Waals surface area contributed by atoms with E-state index in [1.807, 2.05) is 27.0 Å². The Morgan fingerprint density at radius 1 is 1.25 bits per heavy atom. The summed E-state index contributed by atoms with van der Waals surface area (Å²) < 4.78 is 7.39. The van der Waals surface area contributed by atoms with E-state index in [0.717, 1.165) is 47.6 Å². The van der Waals surface area contributed by atoms with Gasteiger partial charge in [-0.1, -0.05) is 5.16 Å². The first-order valence-corrected chi connectivity index (χ1v) is 8.10. The number of hydrogen-bond donors (Lipinski definition) is 1. The second kappa shape index (κ2) is 5.64. The zero-order valence-electron chi connectivity index (χ0n) is 14.4. The van der Waals surface area contributed by atoms with E-state index in [1.165, 1.54) is 0 Å². The molecule has 1 fully saturated rings. The van der Waals surface area contributed by atoms with Crippen LogP contribution in [0.25, 0.3) is 22.5 Å². The molecule has 0 saturated carbocycles. The van der Waals surface area contributed by atoms with Gasteiger partial charge in [-0.3, -0.25) is 9.58 Å². The summed E-state index contributed by atoms with van der Waals surface area (Å²) in [4.78, 5) is 11.5. The number of pyridine rings is 1. The van der Waals surface area contributed by atoms with Crippen LogP contribution in [0.2, 0.25) is 0 Å². The molecule has 3 aromatic heterocycles. The van der Waals surface area contributed by atoms with E-state index < -0.39 is 0 Å². The van der Waals surface area contributed by atoms with Crippen LogP contribution in [0.1, 0.15) is 23.3 Å². The summed E-state index contributed by atoms with van der Waals surface area (Å²) in [7, 11) is 3.98. The van der Waals surface area contributed by atoms with Crippen molar-refractivity contribution in [3.8, 4) is 11.5 Å². The van der Waals surface area contributed by atoms with Gasteiger partial charge in [0.1, 0.15) is 0 Å². The third-order valence-electron chi connectivity index (χ3n) is 4.58.